The summed E-state index contributed by atoms with van der Waals surface area (Å²) < 4.78 is 4.99. The lowest BCUT2D eigenvalue weighted by Gasteiger charge is -2.34. The number of pyridine rings is 1. The van der Waals surface area contributed by atoms with Crippen LogP contribution < -0.4 is 4.90 Å². The lowest BCUT2D eigenvalue weighted by molar-refractivity contribution is -0.121. The molecule has 0 saturated carbocycles. The summed E-state index contributed by atoms with van der Waals surface area (Å²) in [5.74, 6) is -0.160. The van der Waals surface area contributed by atoms with Crippen LogP contribution in [0.3, 0.4) is 0 Å². The van der Waals surface area contributed by atoms with E-state index in [4.69, 9.17) is 9.78 Å². The van der Waals surface area contributed by atoms with Crippen LogP contribution in [0.1, 0.15) is 33.9 Å². The molecule has 3 atom stereocenters. The molecular formula is C19H16N6O4. The van der Waals surface area contributed by atoms with E-state index >= 15 is 0 Å². The predicted molar refractivity (Wildman–Crippen MR) is 96.7 cm³/mol. The summed E-state index contributed by atoms with van der Waals surface area (Å²) in [5, 5.41) is 12.8. The first kappa shape index (κ1) is 17.4. The van der Waals surface area contributed by atoms with E-state index in [2.05, 4.69) is 10.1 Å². The van der Waals surface area contributed by atoms with E-state index in [1.165, 1.54) is 6.20 Å². The number of rotatable bonds is 2. The lowest BCUT2D eigenvalue weighted by atomic mass is 10.1. The Morgan fingerprint density at radius 3 is 2.76 bits per heavy atom. The third-order valence-electron chi connectivity index (χ3n) is 5.80. The molecule has 0 N–H and O–H groups in total. The lowest BCUT2D eigenvalue weighted by Crippen LogP contribution is -2.54. The summed E-state index contributed by atoms with van der Waals surface area (Å²) in [6.07, 6.45) is 1.91. The summed E-state index contributed by atoms with van der Waals surface area (Å²) in [6, 6.07) is 3.36. The van der Waals surface area contributed by atoms with Gasteiger partial charge in [-0.1, -0.05) is 5.16 Å². The van der Waals surface area contributed by atoms with Crippen LogP contribution >= 0.6 is 0 Å². The highest BCUT2D eigenvalue weighted by Crippen LogP contribution is 2.42. The molecule has 3 fully saturated rings. The fraction of sp³-hybridized carbons (Fsp3) is 0.368. The Hall–Kier alpha value is -3.74. The highest BCUT2D eigenvalue weighted by molar-refractivity contribution is 6.22. The zero-order valence-corrected chi connectivity index (χ0v) is 15.7. The molecule has 146 valence electrons. The maximum atomic E-state index is 13.2. The van der Waals surface area contributed by atoms with E-state index in [-0.39, 0.29) is 29.2 Å². The van der Waals surface area contributed by atoms with Gasteiger partial charge in [0.1, 0.15) is 23.6 Å². The zero-order valence-electron chi connectivity index (χ0n) is 15.7. The average molecular weight is 392 g/mol. The highest BCUT2D eigenvalue weighted by Gasteiger charge is 2.63. The molecular weight excluding hydrogens is 376 g/mol. The van der Waals surface area contributed by atoms with Gasteiger partial charge in [0.15, 0.2) is 5.69 Å². The fourth-order valence-electron chi connectivity index (χ4n) is 4.54. The molecule has 0 aliphatic carbocycles. The van der Waals surface area contributed by atoms with Crippen molar-refractivity contribution < 1.29 is 18.9 Å². The van der Waals surface area contributed by atoms with Crippen molar-refractivity contribution in [3.63, 3.8) is 0 Å². The predicted octanol–water partition coefficient (Wildman–Crippen LogP) is 0.992. The number of amides is 4. The Labute approximate surface area is 165 Å². The number of aryl methyl sites for hydroxylation is 2. The van der Waals surface area contributed by atoms with Crippen molar-refractivity contribution in [3.8, 4) is 6.07 Å². The van der Waals surface area contributed by atoms with E-state index in [0.29, 0.717) is 30.0 Å². The van der Waals surface area contributed by atoms with Gasteiger partial charge in [-0.25, -0.2) is 14.7 Å². The molecule has 10 heteroatoms. The second kappa shape index (κ2) is 5.88. The number of anilines is 1. The van der Waals surface area contributed by atoms with Crippen molar-refractivity contribution in [2.45, 2.75) is 38.4 Å². The van der Waals surface area contributed by atoms with Crippen LogP contribution in [0.15, 0.2) is 22.9 Å². The number of carbonyl (C=O) groups is 3. The summed E-state index contributed by atoms with van der Waals surface area (Å²) >= 11 is 0. The maximum absolute atomic E-state index is 13.2. The van der Waals surface area contributed by atoms with E-state index in [1.807, 2.05) is 6.07 Å². The molecule has 2 aromatic heterocycles. The van der Waals surface area contributed by atoms with Crippen molar-refractivity contribution >= 4 is 23.5 Å². The molecule has 2 aromatic rings. The second-order valence-corrected chi connectivity index (χ2v) is 7.52. The third kappa shape index (κ3) is 2.30. The van der Waals surface area contributed by atoms with E-state index in [0.717, 1.165) is 4.90 Å². The largest absolute Gasteiger partial charge is 0.361 e. The number of nitrogens with zero attached hydrogens (tertiary/aromatic N) is 6. The van der Waals surface area contributed by atoms with E-state index in [1.54, 1.807) is 35.8 Å². The molecule has 3 aliphatic heterocycles. The number of carbonyl (C=O) groups excluding carboxylic acids is 3. The molecule has 3 saturated heterocycles. The standard InChI is InChI=1S/C19H16N6O4/c1-9-3-11(7-21-14(9)6-20)25-18(27)16-15-5-12(24(16)19(25)28)8-23(15)17(26)13-4-10(2)29-22-13/h3-4,7,12,15-16H,5,8H2,1-2H3/t12?,15?,16-/m0/s1. The van der Waals surface area contributed by atoms with Crippen LogP contribution in [0.2, 0.25) is 0 Å². The van der Waals surface area contributed by atoms with Crippen LogP contribution in [0.4, 0.5) is 10.5 Å². The van der Waals surface area contributed by atoms with Gasteiger partial charge in [0.2, 0.25) is 0 Å². The molecule has 3 aliphatic rings. The zero-order chi connectivity index (χ0) is 20.4. The average Bonchev–Trinajstić information content (AvgIpc) is 3.45. The minimum Gasteiger partial charge on any atom is -0.361 e. The number of urea groups is 1. The molecule has 5 heterocycles. The quantitative estimate of drug-likeness (QED) is 0.698. The van der Waals surface area contributed by atoms with E-state index < -0.39 is 18.1 Å². The minimum absolute atomic E-state index is 0.196. The number of fused-ring (bicyclic) bond motifs is 5. The molecule has 0 spiro atoms. The molecule has 0 aromatic carbocycles. The maximum Gasteiger partial charge on any atom is 0.332 e. The first-order valence-corrected chi connectivity index (χ1v) is 9.18. The van der Waals surface area contributed by atoms with Crippen molar-refractivity contribution in [1.82, 2.24) is 19.9 Å². The summed E-state index contributed by atoms with van der Waals surface area (Å²) in [7, 11) is 0. The highest BCUT2D eigenvalue weighted by atomic mass is 16.5. The van der Waals surface area contributed by atoms with Crippen LogP contribution in [-0.4, -0.2) is 62.5 Å². The van der Waals surface area contributed by atoms with Crippen molar-refractivity contribution in [2.24, 2.45) is 0 Å². The Kier molecular flexibility index (Phi) is 3.52. The molecule has 10 nitrogen and oxygen atoms in total. The Morgan fingerprint density at radius 1 is 1.31 bits per heavy atom. The topological polar surface area (TPSA) is 124 Å². The number of nitriles is 1. The number of imide groups is 1. The fourth-order valence-corrected chi connectivity index (χ4v) is 4.54. The molecule has 2 unspecified atom stereocenters. The number of hydrogen-bond acceptors (Lipinski definition) is 7. The number of aromatic nitrogens is 2. The van der Waals surface area contributed by atoms with Crippen molar-refractivity contribution in [2.75, 3.05) is 11.4 Å². The van der Waals surface area contributed by atoms with Gasteiger partial charge in [-0.3, -0.25) is 9.59 Å². The summed E-state index contributed by atoms with van der Waals surface area (Å²) in [6.45, 7) is 3.75. The SMILES string of the molecule is Cc1cc(C(=O)N2CC3CC2[C@H]2C(=O)N(c4cnc(C#N)c(C)c4)C(=O)N32)no1. The van der Waals surface area contributed by atoms with Gasteiger partial charge in [-0.2, -0.15) is 5.26 Å². The van der Waals surface area contributed by atoms with Gasteiger partial charge in [-0.15, -0.1) is 0 Å². The van der Waals surface area contributed by atoms with Crippen LogP contribution in [-0.2, 0) is 4.79 Å². The van der Waals surface area contributed by atoms with Gasteiger partial charge in [0.25, 0.3) is 11.8 Å². The smallest absolute Gasteiger partial charge is 0.332 e. The van der Waals surface area contributed by atoms with Crippen LogP contribution in [0.5, 0.6) is 0 Å². The van der Waals surface area contributed by atoms with Gasteiger partial charge in [0.05, 0.1) is 24.0 Å². The molecule has 4 amide bonds. The van der Waals surface area contributed by atoms with Gasteiger partial charge >= 0.3 is 6.03 Å². The number of piperazine rings is 1. The van der Waals surface area contributed by atoms with Gasteiger partial charge < -0.3 is 14.3 Å². The number of hydrogen-bond donors (Lipinski definition) is 0. The Balaban J connectivity index is 1.45. The Morgan fingerprint density at radius 2 is 2.10 bits per heavy atom. The minimum atomic E-state index is -0.728. The first-order valence-electron chi connectivity index (χ1n) is 9.18. The van der Waals surface area contributed by atoms with Crippen LogP contribution in [0, 0.1) is 25.2 Å². The molecule has 2 bridgehead atoms. The van der Waals surface area contributed by atoms with Crippen molar-refractivity contribution in [3.05, 3.63) is 41.0 Å². The monoisotopic (exact) mass is 392 g/mol. The van der Waals surface area contributed by atoms with Crippen LogP contribution in [0.25, 0.3) is 0 Å². The van der Waals surface area contributed by atoms with Crippen molar-refractivity contribution in [1.29, 1.82) is 5.26 Å². The molecule has 29 heavy (non-hydrogen) atoms. The Bertz CT molecular complexity index is 1120. The molecule has 5 rings (SSSR count). The normalized spacial score (nSPS) is 25.0. The second-order valence-electron chi connectivity index (χ2n) is 7.52. The first-order chi connectivity index (χ1) is 13.9. The summed E-state index contributed by atoms with van der Waals surface area (Å²) in [5.41, 5.74) is 1.35. The molecule has 0 radical (unpaired) electrons. The number of likely N-dealkylation sites (tertiary alicyclic amines) is 1. The van der Waals surface area contributed by atoms with E-state index in [9.17, 15) is 14.4 Å². The summed E-state index contributed by atoms with van der Waals surface area (Å²) in [4.78, 5) is 47.3. The third-order valence-corrected chi connectivity index (χ3v) is 5.80. The van der Waals surface area contributed by atoms with Gasteiger partial charge in [0, 0.05) is 12.6 Å². The van der Waals surface area contributed by atoms with Gasteiger partial charge in [-0.05, 0) is 31.9 Å².